The van der Waals surface area contributed by atoms with Gasteiger partial charge in [0, 0.05) is 0 Å². The molecule has 0 amide bonds. The van der Waals surface area contributed by atoms with Crippen LogP contribution in [0.2, 0.25) is 0 Å². The molecule has 1 atom stereocenters. The Hall–Kier alpha value is -0.530. The summed E-state index contributed by atoms with van der Waals surface area (Å²) in [5, 5.41) is 0. The van der Waals surface area contributed by atoms with Gasteiger partial charge in [0.05, 0.1) is 0 Å². The lowest BCUT2D eigenvalue weighted by Gasteiger charge is -2.56. The van der Waals surface area contributed by atoms with E-state index in [9.17, 15) is 0 Å². The highest BCUT2D eigenvalue weighted by Crippen LogP contribution is 2.58. The topological polar surface area (TPSA) is 9.23 Å². The summed E-state index contributed by atoms with van der Waals surface area (Å²) in [6.07, 6.45) is 12.6. The highest BCUT2D eigenvalue weighted by molar-refractivity contribution is 5.14. The molecule has 4 aliphatic rings. The fourth-order valence-corrected chi connectivity index (χ4v) is 5.76. The van der Waals surface area contributed by atoms with Crippen LogP contribution >= 0.6 is 0 Å². The molecule has 0 aromatic rings. The molecule has 1 unspecified atom stereocenters. The molecular formula is C20H33FO. The Morgan fingerprint density at radius 2 is 1.64 bits per heavy atom. The quantitative estimate of drug-likeness (QED) is 0.510. The van der Waals surface area contributed by atoms with Crippen molar-refractivity contribution in [2.24, 2.45) is 17.8 Å². The number of allylic oxidation sites excluding steroid dienone is 2. The van der Waals surface area contributed by atoms with E-state index in [0.717, 1.165) is 30.6 Å². The van der Waals surface area contributed by atoms with Crippen LogP contribution in [-0.4, -0.2) is 11.3 Å². The summed E-state index contributed by atoms with van der Waals surface area (Å²) in [5.41, 5.74) is -1.29. The first-order valence-corrected chi connectivity index (χ1v) is 9.61. The van der Waals surface area contributed by atoms with Gasteiger partial charge in [-0.3, -0.25) is 0 Å². The van der Waals surface area contributed by atoms with E-state index >= 15 is 4.39 Å². The molecule has 4 rings (SSSR count). The monoisotopic (exact) mass is 308 g/mol. The number of hydrogen-bond donors (Lipinski definition) is 0. The molecule has 0 N–H and O–H groups in total. The van der Waals surface area contributed by atoms with E-state index in [4.69, 9.17) is 4.74 Å². The van der Waals surface area contributed by atoms with Crippen LogP contribution in [0, 0.1) is 17.8 Å². The van der Waals surface area contributed by atoms with E-state index in [-0.39, 0.29) is 5.60 Å². The molecular weight excluding hydrogens is 275 g/mol. The smallest absolute Gasteiger partial charge is 0.167 e. The van der Waals surface area contributed by atoms with E-state index in [1.54, 1.807) is 0 Å². The average molecular weight is 308 g/mol. The van der Waals surface area contributed by atoms with E-state index in [2.05, 4.69) is 13.8 Å². The zero-order valence-corrected chi connectivity index (χ0v) is 14.7. The van der Waals surface area contributed by atoms with Crippen LogP contribution in [0.4, 0.5) is 4.39 Å². The second-order valence-corrected chi connectivity index (χ2v) is 8.25. The molecule has 0 saturated heterocycles. The van der Waals surface area contributed by atoms with Crippen LogP contribution in [0.3, 0.4) is 0 Å². The van der Waals surface area contributed by atoms with Crippen LogP contribution in [0.15, 0.2) is 11.8 Å². The minimum Gasteiger partial charge on any atom is -0.489 e. The molecule has 4 aliphatic carbocycles. The lowest BCUT2D eigenvalue weighted by molar-refractivity contribution is -0.153. The summed E-state index contributed by atoms with van der Waals surface area (Å²) in [6.45, 7) is 6.12. The van der Waals surface area contributed by atoms with E-state index in [0.29, 0.717) is 18.6 Å². The number of rotatable bonds is 7. The van der Waals surface area contributed by atoms with Crippen molar-refractivity contribution < 1.29 is 9.13 Å². The third-order valence-electron chi connectivity index (χ3n) is 6.35. The standard InChI is InChI=1S/C20H33FO/c1-4-7-18(20(21,6-3)8-5-2)22-19-12-15-9-16(13-19)11-17(10-15)14-19/h7,15-17H,4-6,8-14H2,1-3H3. The lowest BCUT2D eigenvalue weighted by Crippen LogP contribution is -2.52. The van der Waals surface area contributed by atoms with Gasteiger partial charge in [0.25, 0.3) is 0 Å². The Kier molecular flexibility index (Phi) is 4.58. The van der Waals surface area contributed by atoms with Crippen molar-refractivity contribution in [1.29, 1.82) is 0 Å². The van der Waals surface area contributed by atoms with Crippen LogP contribution in [0.1, 0.15) is 85.0 Å². The molecule has 0 aliphatic heterocycles. The van der Waals surface area contributed by atoms with Gasteiger partial charge in [-0.15, -0.1) is 0 Å². The fourth-order valence-electron chi connectivity index (χ4n) is 5.76. The molecule has 0 radical (unpaired) electrons. The number of halogens is 1. The predicted octanol–water partition coefficient (Wildman–Crippen LogP) is 6.18. The van der Waals surface area contributed by atoms with Gasteiger partial charge >= 0.3 is 0 Å². The molecule has 0 aromatic carbocycles. The van der Waals surface area contributed by atoms with Gasteiger partial charge < -0.3 is 4.74 Å². The van der Waals surface area contributed by atoms with Crippen molar-refractivity contribution in [3.8, 4) is 0 Å². The molecule has 22 heavy (non-hydrogen) atoms. The van der Waals surface area contributed by atoms with Gasteiger partial charge in [-0.05, 0) is 81.6 Å². The first-order chi connectivity index (χ1) is 10.5. The zero-order valence-electron chi connectivity index (χ0n) is 14.7. The summed E-state index contributed by atoms with van der Waals surface area (Å²) < 4.78 is 22.1. The molecule has 0 spiro atoms. The summed E-state index contributed by atoms with van der Waals surface area (Å²) in [7, 11) is 0. The Labute approximate surface area is 135 Å². The summed E-state index contributed by atoms with van der Waals surface area (Å²) in [4.78, 5) is 0. The maximum Gasteiger partial charge on any atom is 0.167 e. The molecule has 1 nitrogen and oxygen atoms in total. The molecule has 126 valence electrons. The molecule has 4 fully saturated rings. The van der Waals surface area contributed by atoms with Crippen molar-refractivity contribution in [1.82, 2.24) is 0 Å². The Morgan fingerprint density at radius 1 is 1.09 bits per heavy atom. The van der Waals surface area contributed by atoms with Crippen molar-refractivity contribution in [2.75, 3.05) is 0 Å². The van der Waals surface area contributed by atoms with E-state index in [1.807, 2.05) is 13.0 Å². The third kappa shape index (κ3) is 2.95. The molecule has 4 bridgehead atoms. The highest BCUT2D eigenvalue weighted by Gasteiger charge is 2.53. The Bertz CT molecular complexity index is 392. The predicted molar refractivity (Wildman–Crippen MR) is 89.4 cm³/mol. The minimum atomic E-state index is -1.26. The normalized spacial score (nSPS) is 39.8. The van der Waals surface area contributed by atoms with Gasteiger partial charge in [0.15, 0.2) is 5.67 Å². The van der Waals surface area contributed by atoms with Crippen LogP contribution in [0.5, 0.6) is 0 Å². The van der Waals surface area contributed by atoms with Crippen molar-refractivity contribution in [3.05, 3.63) is 11.8 Å². The molecule has 2 heteroatoms. The maximum atomic E-state index is 15.5. The van der Waals surface area contributed by atoms with Gasteiger partial charge in [0.2, 0.25) is 0 Å². The molecule has 4 saturated carbocycles. The van der Waals surface area contributed by atoms with Crippen LogP contribution in [0.25, 0.3) is 0 Å². The maximum absolute atomic E-state index is 15.5. The second kappa shape index (κ2) is 6.17. The number of alkyl halides is 1. The van der Waals surface area contributed by atoms with Crippen molar-refractivity contribution in [3.63, 3.8) is 0 Å². The number of ether oxygens (including phenoxy) is 1. The second-order valence-electron chi connectivity index (χ2n) is 8.25. The van der Waals surface area contributed by atoms with E-state index in [1.165, 1.54) is 38.5 Å². The summed E-state index contributed by atoms with van der Waals surface area (Å²) >= 11 is 0. The summed E-state index contributed by atoms with van der Waals surface area (Å²) in [5.74, 6) is 3.20. The van der Waals surface area contributed by atoms with Gasteiger partial charge in [-0.25, -0.2) is 4.39 Å². The molecule has 0 heterocycles. The summed E-state index contributed by atoms with van der Waals surface area (Å²) in [6, 6.07) is 0. The average Bonchev–Trinajstić information content (AvgIpc) is 2.45. The Morgan fingerprint density at radius 3 is 2.05 bits per heavy atom. The first kappa shape index (κ1) is 16.3. The minimum absolute atomic E-state index is 0.0317. The SMILES string of the molecule is CCC=C(OC12CC3CC(CC(C3)C1)C2)C(F)(CC)CCC. The number of hydrogen-bond acceptors (Lipinski definition) is 1. The van der Waals surface area contributed by atoms with Crippen LogP contribution < -0.4 is 0 Å². The highest BCUT2D eigenvalue weighted by atomic mass is 19.1. The first-order valence-electron chi connectivity index (χ1n) is 9.61. The fraction of sp³-hybridized carbons (Fsp3) is 0.900. The van der Waals surface area contributed by atoms with Gasteiger partial charge in [-0.1, -0.05) is 27.2 Å². The van der Waals surface area contributed by atoms with Gasteiger partial charge in [-0.2, -0.15) is 0 Å². The van der Waals surface area contributed by atoms with Crippen LogP contribution in [-0.2, 0) is 4.74 Å². The van der Waals surface area contributed by atoms with E-state index < -0.39 is 5.67 Å². The zero-order chi connectivity index (χ0) is 15.8. The van der Waals surface area contributed by atoms with Crippen molar-refractivity contribution in [2.45, 2.75) is 96.2 Å². The molecule has 0 aromatic heterocycles. The Balaban J connectivity index is 1.81. The third-order valence-corrected chi connectivity index (χ3v) is 6.35. The van der Waals surface area contributed by atoms with Crippen molar-refractivity contribution >= 4 is 0 Å². The largest absolute Gasteiger partial charge is 0.489 e. The van der Waals surface area contributed by atoms with Gasteiger partial charge in [0.1, 0.15) is 11.4 Å². The lowest BCUT2D eigenvalue weighted by atomic mass is 9.54.